The molecule has 0 aromatic heterocycles. The van der Waals surface area contributed by atoms with E-state index in [9.17, 15) is 14.4 Å². The summed E-state index contributed by atoms with van der Waals surface area (Å²) in [6.45, 7) is 5.93. The quantitative estimate of drug-likeness (QED) is 0.398. The first kappa shape index (κ1) is 21.7. The van der Waals surface area contributed by atoms with Crippen molar-refractivity contribution in [2.45, 2.75) is 38.6 Å². The Kier molecular flexibility index (Phi) is 5.11. The number of hydrogen-bond donors (Lipinski definition) is 0. The van der Waals surface area contributed by atoms with Gasteiger partial charge < -0.3 is 18.9 Å². The van der Waals surface area contributed by atoms with Crippen LogP contribution in [0.15, 0.2) is 24.3 Å². The standard InChI is InChI=1S/C24H25NO7/c1-12-11-24(2,3)25-19-15(12)9-14(10-16(19)20(26)22(25)27)32-23(28)13-7-17(29-4)21(31-6)18(8-13)30-5/h7-10,12H,11H2,1-6H3/t12-/m1/s1. The summed E-state index contributed by atoms with van der Waals surface area (Å²) in [5, 5.41) is 0. The van der Waals surface area contributed by atoms with Crippen LogP contribution in [0.3, 0.4) is 0 Å². The van der Waals surface area contributed by atoms with Crippen molar-refractivity contribution in [3.63, 3.8) is 0 Å². The number of ketones is 1. The topological polar surface area (TPSA) is 91.4 Å². The average Bonchev–Trinajstić information content (AvgIpc) is 3.02. The van der Waals surface area contributed by atoms with Crippen LogP contribution in [0.1, 0.15) is 59.4 Å². The van der Waals surface area contributed by atoms with Crippen LogP contribution in [-0.4, -0.2) is 44.5 Å². The Hall–Kier alpha value is -3.55. The lowest BCUT2D eigenvalue weighted by Crippen LogP contribution is -2.50. The number of hydrogen-bond acceptors (Lipinski definition) is 7. The van der Waals surface area contributed by atoms with E-state index in [0.29, 0.717) is 29.4 Å². The number of anilines is 1. The molecule has 8 nitrogen and oxygen atoms in total. The highest BCUT2D eigenvalue weighted by Crippen LogP contribution is 2.50. The van der Waals surface area contributed by atoms with Crippen LogP contribution < -0.4 is 23.8 Å². The summed E-state index contributed by atoms with van der Waals surface area (Å²) in [5.41, 5.74) is 1.41. The maximum atomic E-state index is 12.9. The lowest BCUT2D eigenvalue weighted by atomic mass is 9.80. The van der Waals surface area contributed by atoms with E-state index in [1.54, 1.807) is 11.0 Å². The monoisotopic (exact) mass is 439 g/mol. The Morgan fingerprint density at radius 3 is 2.19 bits per heavy atom. The number of methoxy groups -OCH3 is 3. The third-order valence-corrected chi connectivity index (χ3v) is 6.03. The first-order chi connectivity index (χ1) is 15.1. The van der Waals surface area contributed by atoms with E-state index in [4.69, 9.17) is 18.9 Å². The summed E-state index contributed by atoms with van der Waals surface area (Å²) >= 11 is 0. The minimum Gasteiger partial charge on any atom is -0.493 e. The number of nitrogens with zero attached hydrogens (tertiary/aromatic N) is 1. The van der Waals surface area contributed by atoms with Gasteiger partial charge in [0.1, 0.15) is 5.75 Å². The van der Waals surface area contributed by atoms with Crippen molar-refractivity contribution in [2.75, 3.05) is 26.2 Å². The zero-order valence-corrected chi connectivity index (χ0v) is 18.9. The second kappa shape index (κ2) is 7.55. The van der Waals surface area contributed by atoms with Gasteiger partial charge >= 0.3 is 5.97 Å². The van der Waals surface area contributed by atoms with Crippen molar-refractivity contribution in [1.82, 2.24) is 0 Å². The fourth-order valence-corrected chi connectivity index (χ4v) is 4.70. The zero-order valence-electron chi connectivity index (χ0n) is 18.9. The maximum absolute atomic E-state index is 12.9. The highest BCUT2D eigenvalue weighted by molar-refractivity contribution is 6.53. The number of benzene rings is 2. The molecular formula is C24H25NO7. The predicted molar refractivity (Wildman–Crippen MR) is 116 cm³/mol. The molecule has 168 valence electrons. The first-order valence-corrected chi connectivity index (χ1v) is 10.2. The number of rotatable bonds is 5. The summed E-state index contributed by atoms with van der Waals surface area (Å²) in [4.78, 5) is 39.9. The van der Waals surface area contributed by atoms with Crippen molar-refractivity contribution in [1.29, 1.82) is 0 Å². The average molecular weight is 439 g/mol. The number of amides is 1. The largest absolute Gasteiger partial charge is 0.493 e. The molecule has 0 aliphatic carbocycles. The number of esters is 1. The fraction of sp³-hybridized carbons (Fsp3) is 0.375. The molecule has 2 aromatic rings. The van der Waals surface area contributed by atoms with Crippen molar-refractivity contribution in [3.05, 3.63) is 41.0 Å². The molecule has 32 heavy (non-hydrogen) atoms. The molecule has 0 spiro atoms. The lowest BCUT2D eigenvalue weighted by molar-refractivity contribution is -0.115. The van der Waals surface area contributed by atoms with Gasteiger partial charge in [0.25, 0.3) is 11.7 Å². The summed E-state index contributed by atoms with van der Waals surface area (Å²) in [5.74, 6) is -0.533. The van der Waals surface area contributed by atoms with Crippen molar-refractivity contribution >= 4 is 23.3 Å². The van der Waals surface area contributed by atoms with Gasteiger partial charge in [-0.2, -0.15) is 0 Å². The fourth-order valence-electron chi connectivity index (χ4n) is 4.70. The van der Waals surface area contributed by atoms with Gasteiger partial charge in [0.15, 0.2) is 11.5 Å². The van der Waals surface area contributed by atoms with Gasteiger partial charge in [-0.15, -0.1) is 0 Å². The molecule has 0 saturated heterocycles. The second-order valence-corrected chi connectivity index (χ2v) is 8.60. The van der Waals surface area contributed by atoms with Crippen LogP contribution in [0.2, 0.25) is 0 Å². The molecule has 0 bridgehead atoms. The molecule has 8 heteroatoms. The molecule has 1 amide bonds. The SMILES string of the molecule is COc1cc(C(=O)Oc2cc3c4c(c2)[C@H](C)CC(C)(C)N4C(=O)C3=O)cc(OC)c1OC. The molecule has 0 N–H and O–H groups in total. The van der Waals surface area contributed by atoms with Crippen LogP contribution in [-0.2, 0) is 4.79 Å². The van der Waals surface area contributed by atoms with Gasteiger partial charge in [0.05, 0.1) is 38.1 Å². The van der Waals surface area contributed by atoms with Gasteiger partial charge in [-0.25, -0.2) is 4.79 Å². The summed E-state index contributed by atoms with van der Waals surface area (Å²) < 4.78 is 21.5. The number of ether oxygens (including phenoxy) is 4. The van der Waals surface area contributed by atoms with E-state index in [1.807, 2.05) is 20.8 Å². The van der Waals surface area contributed by atoms with Crippen molar-refractivity contribution in [2.24, 2.45) is 0 Å². The summed E-state index contributed by atoms with van der Waals surface area (Å²) in [7, 11) is 4.38. The van der Waals surface area contributed by atoms with Crippen LogP contribution in [0.5, 0.6) is 23.0 Å². The van der Waals surface area contributed by atoms with Crippen LogP contribution in [0, 0.1) is 0 Å². The maximum Gasteiger partial charge on any atom is 0.343 e. The molecular weight excluding hydrogens is 414 g/mol. The summed E-state index contributed by atoms with van der Waals surface area (Å²) in [6, 6.07) is 6.17. The number of carbonyl (C=O) groups excluding carboxylic acids is 3. The Morgan fingerprint density at radius 2 is 1.62 bits per heavy atom. The van der Waals surface area contributed by atoms with Gasteiger partial charge in [0, 0.05) is 5.54 Å². The molecule has 2 aliphatic heterocycles. The van der Waals surface area contributed by atoms with Gasteiger partial charge in [0.2, 0.25) is 5.75 Å². The van der Waals surface area contributed by atoms with E-state index in [2.05, 4.69) is 0 Å². The van der Waals surface area contributed by atoms with Crippen LogP contribution in [0.25, 0.3) is 0 Å². The highest BCUT2D eigenvalue weighted by atomic mass is 16.5. The third-order valence-electron chi connectivity index (χ3n) is 6.03. The van der Waals surface area contributed by atoms with E-state index in [0.717, 1.165) is 5.56 Å². The molecule has 2 aromatic carbocycles. The Bertz CT molecular complexity index is 1130. The molecule has 0 saturated carbocycles. The zero-order chi connectivity index (χ0) is 23.4. The second-order valence-electron chi connectivity index (χ2n) is 8.60. The van der Waals surface area contributed by atoms with Crippen molar-refractivity contribution < 1.29 is 33.3 Å². The molecule has 4 rings (SSSR count). The number of Topliss-reactive ketones (excluding diaryl/α,β-unsaturated/α-hetero) is 1. The molecule has 1 atom stereocenters. The van der Waals surface area contributed by atoms with Gasteiger partial charge in [-0.05, 0) is 56.0 Å². The first-order valence-electron chi connectivity index (χ1n) is 10.2. The van der Waals surface area contributed by atoms with E-state index in [1.165, 1.54) is 39.5 Å². The minimum atomic E-state index is -0.658. The Morgan fingerprint density at radius 1 is 1.00 bits per heavy atom. The molecule has 0 fully saturated rings. The third kappa shape index (κ3) is 3.18. The molecule has 0 radical (unpaired) electrons. The molecule has 0 unspecified atom stereocenters. The van der Waals surface area contributed by atoms with E-state index in [-0.39, 0.29) is 22.8 Å². The normalized spacial score (nSPS) is 18.3. The van der Waals surface area contributed by atoms with Gasteiger partial charge in [-0.1, -0.05) is 6.92 Å². The minimum absolute atomic E-state index is 0.0773. The van der Waals surface area contributed by atoms with Crippen molar-refractivity contribution in [3.8, 4) is 23.0 Å². The molecule has 2 heterocycles. The number of carbonyl (C=O) groups is 3. The van der Waals surface area contributed by atoms with Gasteiger partial charge in [-0.3, -0.25) is 14.5 Å². The Balaban J connectivity index is 1.74. The predicted octanol–water partition coefficient (Wildman–Crippen LogP) is 3.75. The van der Waals surface area contributed by atoms with E-state index < -0.39 is 23.2 Å². The Labute approximate surface area is 186 Å². The van der Waals surface area contributed by atoms with Crippen LogP contribution in [0.4, 0.5) is 5.69 Å². The highest BCUT2D eigenvalue weighted by Gasteiger charge is 2.49. The summed E-state index contributed by atoms with van der Waals surface area (Å²) in [6.07, 6.45) is 0.683. The molecule has 2 aliphatic rings. The smallest absolute Gasteiger partial charge is 0.343 e. The van der Waals surface area contributed by atoms with Crippen LogP contribution >= 0.6 is 0 Å². The van der Waals surface area contributed by atoms with E-state index >= 15 is 0 Å². The lowest BCUT2D eigenvalue weighted by Gasteiger charge is -2.43.